The van der Waals surface area contributed by atoms with Crippen LogP contribution < -0.4 is 5.32 Å². The van der Waals surface area contributed by atoms with Crippen molar-refractivity contribution in [2.75, 3.05) is 19.8 Å². The Morgan fingerprint density at radius 3 is 2.44 bits per heavy atom. The molecule has 0 aliphatic carbocycles. The normalized spacial score (nSPS) is 11.1. The Hall–Kier alpha value is -0.860. The molecule has 0 aliphatic rings. The van der Waals surface area contributed by atoms with Gasteiger partial charge in [-0.15, -0.1) is 0 Å². The third-order valence-corrected chi connectivity index (χ3v) is 2.97. The first-order valence-corrected chi connectivity index (χ1v) is 7.11. The summed E-state index contributed by atoms with van der Waals surface area (Å²) in [5, 5.41) is 3.45. The zero-order valence-electron chi connectivity index (χ0n) is 12.0. The summed E-state index contributed by atoms with van der Waals surface area (Å²) in [5.41, 5.74) is 2.76. The third kappa shape index (κ3) is 6.18. The Balaban J connectivity index is 2.12. The minimum absolute atomic E-state index is 0.614. The molecule has 0 heterocycles. The predicted molar refractivity (Wildman–Crippen MR) is 78.0 cm³/mol. The SMILES string of the molecule is CCCOCCCNCc1ccc(C(C)C)cc1. The van der Waals surface area contributed by atoms with Crippen LogP contribution in [0.4, 0.5) is 0 Å². The molecule has 1 rings (SSSR count). The van der Waals surface area contributed by atoms with Crippen LogP contribution in [0, 0.1) is 0 Å². The van der Waals surface area contributed by atoms with E-state index in [9.17, 15) is 0 Å². The lowest BCUT2D eigenvalue weighted by atomic mass is 10.0. The van der Waals surface area contributed by atoms with Crippen LogP contribution in [0.1, 0.15) is 50.7 Å². The van der Waals surface area contributed by atoms with Crippen LogP contribution in [0.3, 0.4) is 0 Å². The van der Waals surface area contributed by atoms with E-state index in [0.29, 0.717) is 5.92 Å². The first-order valence-electron chi connectivity index (χ1n) is 7.11. The molecular weight excluding hydrogens is 222 g/mol. The fourth-order valence-electron chi connectivity index (χ4n) is 1.80. The highest BCUT2D eigenvalue weighted by Crippen LogP contribution is 2.14. The Bertz CT molecular complexity index is 305. The minimum atomic E-state index is 0.614. The standard InChI is InChI=1S/C16H27NO/c1-4-11-18-12-5-10-17-13-15-6-8-16(9-7-15)14(2)3/h6-9,14,17H,4-5,10-13H2,1-3H3. The van der Waals surface area contributed by atoms with Gasteiger partial charge < -0.3 is 10.1 Å². The highest BCUT2D eigenvalue weighted by molar-refractivity contribution is 5.24. The second-order valence-corrected chi connectivity index (χ2v) is 5.04. The number of hydrogen-bond donors (Lipinski definition) is 1. The molecule has 1 aromatic rings. The predicted octanol–water partition coefficient (Wildman–Crippen LogP) is 3.72. The number of ether oxygens (including phenoxy) is 1. The maximum atomic E-state index is 5.44. The quantitative estimate of drug-likeness (QED) is 0.674. The molecule has 0 amide bonds. The van der Waals surface area contributed by atoms with Crippen LogP contribution in [0.2, 0.25) is 0 Å². The van der Waals surface area contributed by atoms with Crippen LogP contribution in [0.25, 0.3) is 0 Å². The highest BCUT2D eigenvalue weighted by Gasteiger charge is 1.98. The number of benzene rings is 1. The molecule has 0 fully saturated rings. The van der Waals surface area contributed by atoms with Gasteiger partial charge >= 0.3 is 0 Å². The largest absolute Gasteiger partial charge is 0.381 e. The van der Waals surface area contributed by atoms with E-state index in [1.807, 2.05) is 0 Å². The molecule has 0 unspecified atom stereocenters. The van der Waals surface area contributed by atoms with E-state index in [0.717, 1.165) is 39.1 Å². The van der Waals surface area contributed by atoms with Crippen molar-refractivity contribution in [3.05, 3.63) is 35.4 Å². The van der Waals surface area contributed by atoms with Crippen LogP contribution in [-0.2, 0) is 11.3 Å². The third-order valence-electron chi connectivity index (χ3n) is 2.97. The molecule has 1 aromatic carbocycles. The zero-order valence-corrected chi connectivity index (χ0v) is 12.0. The Morgan fingerprint density at radius 1 is 1.11 bits per heavy atom. The van der Waals surface area contributed by atoms with Crippen molar-refractivity contribution in [3.63, 3.8) is 0 Å². The van der Waals surface area contributed by atoms with Gasteiger partial charge in [-0.1, -0.05) is 45.0 Å². The lowest BCUT2D eigenvalue weighted by Gasteiger charge is -2.08. The molecule has 2 nitrogen and oxygen atoms in total. The van der Waals surface area contributed by atoms with E-state index in [2.05, 4.69) is 50.4 Å². The molecule has 0 aromatic heterocycles. The van der Waals surface area contributed by atoms with Gasteiger partial charge in [-0.2, -0.15) is 0 Å². The summed E-state index contributed by atoms with van der Waals surface area (Å²) in [6.45, 7) is 10.3. The topological polar surface area (TPSA) is 21.3 Å². The van der Waals surface area contributed by atoms with E-state index in [1.165, 1.54) is 11.1 Å². The lowest BCUT2D eigenvalue weighted by molar-refractivity contribution is 0.132. The van der Waals surface area contributed by atoms with Crippen molar-refractivity contribution >= 4 is 0 Å². The number of nitrogens with one attached hydrogen (secondary N) is 1. The fraction of sp³-hybridized carbons (Fsp3) is 0.625. The second-order valence-electron chi connectivity index (χ2n) is 5.04. The number of hydrogen-bond acceptors (Lipinski definition) is 2. The summed E-state index contributed by atoms with van der Waals surface area (Å²) < 4.78 is 5.44. The molecule has 0 bridgehead atoms. The lowest BCUT2D eigenvalue weighted by Crippen LogP contribution is -2.16. The fourth-order valence-corrected chi connectivity index (χ4v) is 1.80. The molecule has 1 N–H and O–H groups in total. The molecule has 0 spiro atoms. The van der Waals surface area contributed by atoms with Crippen LogP contribution in [0.15, 0.2) is 24.3 Å². The smallest absolute Gasteiger partial charge is 0.0478 e. The summed E-state index contributed by atoms with van der Waals surface area (Å²) in [6.07, 6.45) is 2.19. The van der Waals surface area contributed by atoms with Crippen molar-refractivity contribution in [3.8, 4) is 0 Å². The van der Waals surface area contributed by atoms with Crippen molar-refractivity contribution in [1.82, 2.24) is 5.32 Å². The first-order chi connectivity index (χ1) is 8.74. The van der Waals surface area contributed by atoms with E-state index in [1.54, 1.807) is 0 Å². The Kier molecular flexibility index (Phi) is 7.70. The molecule has 0 aliphatic heterocycles. The van der Waals surface area contributed by atoms with Crippen molar-refractivity contribution in [1.29, 1.82) is 0 Å². The molecule has 18 heavy (non-hydrogen) atoms. The summed E-state index contributed by atoms with van der Waals surface area (Å²) in [6, 6.07) is 8.89. The van der Waals surface area contributed by atoms with Gasteiger partial charge in [0.2, 0.25) is 0 Å². The van der Waals surface area contributed by atoms with Gasteiger partial charge in [0.25, 0.3) is 0 Å². The highest BCUT2D eigenvalue weighted by atomic mass is 16.5. The van der Waals surface area contributed by atoms with Crippen LogP contribution in [-0.4, -0.2) is 19.8 Å². The van der Waals surface area contributed by atoms with Crippen LogP contribution in [0.5, 0.6) is 0 Å². The summed E-state index contributed by atoms with van der Waals surface area (Å²) in [7, 11) is 0. The maximum absolute atomic E-state index is 5.44. The van der Waals surface area contributed by atoms with Gasteiger partial charge in [0.15, 0.2) is 0 Å². The number of rotatable bonds is 9. The summed E-state index contributed by atoms with van der Waals surface area (Å²) in [4.78, 5) is 0. The van der Waals surface area contributed by atoms with Crippen LogP contribution >= 0.6 is 0 Å². The van der Waals surface area contributed by atoms with Crippen molar-refractivity contribution in [2.24, 2.45) is 0 Å². The molecule has 102 valence electrons. The van der Waals surface area contributed by atoms with Gasteiger partial charge in [0, 0.05) is 19.8 Å². The van der Waals surface area contributed by atoms with Crippen molar-refractivity contribution in [2.45, 2.75) is 46.1 Å². The molecular formula is C16H27NO. The van der Waals surface area contributed by atoms with Gasteiger partial charge in [-0.25, -0.2) is 0 Å². The first kappa shape index (κ1) is 15.2. The maximum Gasteiger partial charge on any atom is 0.0478 e. The Labute approximate surface area is 112 Å². The molecule has 0 atom stereocenters. The summed E-state index contributed by atoms with van der Waals surface area (Å²) in [5.74, 6) is 0.614. The molecule has 2 heteroatoms. The van der Waals surface area contributed by atoms with Gasteiger partial charge in [0.1, 0.15) is 0 Å². The van der Waals surface area contributed by atoms with E-state index >= 15 is 0 Å². The summed E-state index contributed by atoms with van der Waals surface area (Å²) >= 11 is 0. The molecule has 0 saturated carbocycles. The average molecular weight is 249 g/mol. The van der Waals surface area contributed by atoms with E-state index in [4.69, 9.17) is 4.74 Å². The monoisotopic (exact) mass is 249 g/mol. The van der Waals surface area contributed by atoms with Crippen molar-refractivity contribution < 1.29 is 4.74 Å². The second kappa shape index (κ2) is 9.12. The average Bonchev–Trinajstić information content (AvgIpc) is 2.38. The molecule has 0 radical (unpaired) electrons. The van der Waals surface area contributed by atoms with E-state index < -0.39 is 0 Å². The van der Waals surface area contributed by atoms with Gasteiger partial charge in [-0.05, 0) is 36.4 Å². The zero-order chi connectivity index (χ0) is 13.2. The van der Waals surface area contributed by atoms with E-state index in [-0.39, 0.29) is 0 Å². The molecule has 0 saturated heterocycles. The Morgan fingerprint density at radius 2 is 1.83 bits per heavy atom. The van der Waals surface area contributed by atoms with Gasteiger partial charge in [0.05, 0.1) is 0 Å². The minimum Gasteiger partial charge on any atom is -0.381 e. The van der Waals surface area contributed by atoms with Gasteiger partial charge in [-0.3, -0.25) is 0 Å².